The largest absolute Gasteiger partial charge is 0.271 e. The minimum Gasteiger partial charge on any atom is -0.271 e. The molecule has 4 heteroatoms. The summed E-state index contributed by atoms with van der Waals surface area (Å²) in [7, 11) is 2.05. The Labute approximate surface area is 114 Å². The Morgan fingerprint density at radius 2 is 2.19 bits per heavy atom. The molecule has 1 aromatic rings. The lowest BCUT2D eigenvalue weighted by Crippen LogP contribution is -2.12. The summed E-state index contributed by atoms with van der Waals surface area (Å²) in [6.07, 6.45) is 6.16. The Morgan fingerprint density at radius 1 is 1.44 bits per heavy atom. The average Bonchev–Trinajstić information content (AvgIpc) is 2.77. The molecule has 2 unspecified atom stereocenters. The van der Waals surface area contributed by atoms with Gasteiger partial charge in [-0.05, 0) is 47.5 Å². The SMILES string of the molecule is CCc1nn(C)c(CC2CCCC2Br)c1Br. The molecule has 16 heavy (non-hydrogen) atoms. The molecular formula is C12H18Br2N2. The van der Waals surface area contributed by atoms with E-state index in [2.05, 4.69) is 50.9 Å². The number of alkyl halides is 1. The van der Waals surface area contributed by atoms with Gasteiger partial charge in [-0.25, -0.2) is 0 Å². The molecule has 2 nitrogen and oxygen atoms in total. The zero-order valence-corrected chi connectivity index (χ0v) is 13.0. The van der Waals surface area contributed by atoms with Crippen LogP contribution in [0.2, 0.25) is 0 Å². The number of rotatable bonds is 3. The molecule has 1 saturated carbocycles. The van der Waals surface area contributed by atoms with Crippen molar-refractivity contribution < 1.29 is 0 Å². The molecule has 0 amide bonds. The third-order valence-corrected chi connectivity index (χ3v) is 5.65. The van der Waals surface area contributed by atoms with Crippen LogP contribution in [0.4, 0.5) is 0 Å². The zero-order chi connectivity index (χ0) is 11.7. The molecular weight excluding hydrogens is 332 g/mol. The van der Waals surface area contributed by atoms with Crippen LogP contribution in [0.25, 0.3) is 0 Å². The molecule has 2 rings (SSSR count). The van der Waals surface area contributed by atoms with E-state index in [1.54, 1.807) is 0 Å². The first kappa shape index (κ1) is 12.6. The van der Waals surface area contributed by atoms with Crippen LogP contribution in [0, 0.1) is 5.92 Å². The second-order valence-electron chi connectivity index (χ2n) is 4.60. The van der Waals surface area contributed by atoms with Crippen LogP contribution in [0.5, 0.6) is 0 Å². The molecule has 0 bridgehead atoms. The Bertz CT molecular complexity index is 373. The van der Waals surface area contributed by atoms with Crippen molar-refractivity contribution in [2.75, 3.05) is 0 Å². The van der Waals surface area contributed by atoms with E-state index in [0.717, 1.165) is 18.8 Å². The van der Waals surface area contributed by atoms with E-state index in [9.17, 15) is 0 Å². The lowest BCUT2D eigenvalue weighted by Gasteiger charge is -2.14. The van der Waals surface area contributed by atoms with E-state index in [4.69, 9.17) is 0 Å². The fourth-order valence-corrected chi connectivity index (χ4v) is 4.06. The van der Waals surface area contributed by atoms with E-state index in [1.807, 2.05) is 4.68 Å². The minimum atomic E-state index is 0.694. The van der Waals surface area contributed by atoms with E-state index in [1.165, 1.54) is 35.1 Å². The first-order chi connectivity index (χ1) is 7.63. The zero-order valence-electron chi connectivity index (χ0n) is 9.84. The quantitative estimate of drug-likeness (QED) is 0.758. The highest BCUT2D eigenvalue weighted by atomic mass is 79.9. The molecule has 0 aliphatic heterocycles. The van der Waals surface area contributed by atoms with Gasteiger partial charge in [0.15, 0.2) is 0 Å². The molecule has 0 radical (unpaired) electrons. The van der Waals surface area contributed by atoms with Crippen molar-refractivity contribution >= 4 is 31.9 Å². The molecule has 90 valence electrons. The van der Waals surface area contributed by atoms with Gasteiger partial charge < -0.3 is 0 Å². The van der Waals surface area contributed by atoms with Crippen molar-refractivity contribution in [3.05, 3.63) is 15.9 Å². The molecule has 1 aliphatic rings. The fraction of sp³-hybridized carbons (Fsp3) is 0.750. The van der Waals surface area contributed by atoms with Gasteiger partial charge in [0.1, 0.15) is 0 Å². The maximum absolute atomic E-state index is 4.55. The molecule has 1 heterocycles. The Hall–Kier alpha value is 0.170. The van der Waals surface area contributed by atoms with Crippen molar-refractivity contribution in [3.63, 3.8) is 0 Å². The monoisotopic (exact) mass is 348 g/mol. The van der Waals surface area contributed by atoms with Gasteiger partial charge in [-0.1, -0.05) is 29.3 Å². The van der Waals surface area contributed by atoms with Crippen LogP contribution in [-0.4, -0.2) is 14.6 Å². The highest BCUT2D eigenvalue weighted by molar-refractivity contribution is 9.10. The predicted octanol–water partition coefficient (Wildman–Crippen LogP) is 3.85. The summed E-state index contributed by atoms with van der Waals surface area (Å²) in [5, 5.41) is 4.55. The van der Waals surface area contributed by atoms with Gasteiger partial charge in [-0.3, -0.25) is 4.68 Å². The number of aromatic nitrogens is 2. The van der Waals surface area contributed by atoms with Gasteiger partial charge >= 0.3 is 0 Å². The molecule has 0 N–H and O–H groups in total. The summed E-state index contributed by atoms with van der Waals surface area (Å²) < 4.78 is 3.27. The van der Waals surface area contributed by atoms with Crippen molar-refractivity contribution in [1.82, 2.24) is 9.78 Å². The topological polar surface area (TPSA) is 17.8 Å². The summed E-state index contributed by atoms with van der Waals surface area (Å²) in [6.45, 7) is 2.15. The Balaban J connectivity index is 2.17. The van der Waals surface area contributed by atoms with Crippen LogP contribution in [0.1, 0.15) is 37.6 Å². The molecule has 1 aromatic heterocycles. The standard InChI is InChI=1S/C12H18Br2N2/c1-3-10-12(14)11(16(2)15-10)7-8-5-4-6-9(8)13/h8-9H,3-7H2,1-2H3. The van der Waals surface area contributed by atoms with E-state index < -0.39 is 0 Å². The fourth-order valence-electron chi connectivity index (χ4n) is 2.51. The van der Waals surface area contributed by atoms with Gasteiger partial charge in [-0.15, -0.1) is 0 Å². The Kier molecular flexibility index (Phi) is 4.11. The second kappa shape index (κ2) is 5.21. The third kappa shape index (κ3) is 2.37. The van der Waals surface area contributed by atoms with Gasteiger partial charge in [0, 0.05) is 11.9 Å². The van der Waals surface area contributed by atoms with Crippen molar-refractivity contribution in [2.24, 2.45) is 13.0 Å². The summed E-state index contributed by atoms with van der Waals surface area (Å²) in [6, 6.07) is 0. The highest BCUT2D eigenvalue weighted by Gasteiger charge is 2.27. The van der Waals surface area contributed by atoms with Gasteiger partial charge in [0.25, 0.3) is 0 Å². The smallest absolute Gasteiger partial charge is 0.0766 e. The summed E-state index contributed by atoms with van der Waals surface area (Å²) in [4.78, 5) is 0.694. The molecule has 2 atom stereocenters. The first-order valence-electron chi connectivity index (χ1n) is 5.97. The third-order valence-electron chi connectivity index (χ3n) is 3.52. The van der Waals surface area contributed by atoms with Crippen LogP contribution in [-0.2, 0) is 19.9 Å². The van der Waals surface area contributed by atoms with E-state index in [0.29, 0.717) is 4.83 Å². The number of hydrogen-bond acceptors (Lipinski definition) is 1. The summed E-state index contributed by atoms with van der Waals surface area (Å²) in [5.41, 5.74) is 2.54. The number of aryl methyl sites for hydroxylation is 2. The number of nitrogens with zero attached hydrogens (tertiary/aromatic N) is 2. The maximum atomic E-state index is 4.55. The molecule has 0 saturated heterocycles. The lowest BCUT2D eigenvalue weighted by molar-refractivity contribution is 0.533. The van der Waals surface area contributed by atoms with Gasteiger partial charge in [0.05, 0.1) is 15.9 Å². The number of hydrogen-bond donors (Lipinski definition) is 0. The van der Waals surface area contributed by atoms with Crippen LogP contribution in [0.3, 0.4) is 0 Å². The predicted molar refractivity (Wildman–Crippen MR) is 74.0 cm³/mol. The first-order valence-corrected chi connectivity index (χ1v) is 7.68. The maximum Gasteiger partial charge on any atom is 0.0766 e. The van der Waals surface area contributed by atoms with Crippen LogP contribution < -0.4 is 0 Å². The minimum absolute atomic E-state index is 0.694. The van der Waals surface area contributed by atoms with Gasteiger partial charge in [-0.2, -0.15) is 5.10 Å². The molecule has 1 aliphatic carbocycles. The van der Waals surface area contributed by atoms with E-state index >= 15 is 0 Å². The summed E-state index contributed by atoms with van der Waals surface area (Å²) >= 11 is 7.48. The van der Waals surface area contributed by atoms with Crippen molar-refractivity contribution in [2.45, 2.75) is 43.9 Å². The Morgan fingerprint density at radius 3 is 2.69 bits per heavy atom. The van der Waals surface area contributed by atoms with Crippen molar-refractivity contribution in [1.29, 1.82) is 0 Å². The molecule has 0 aromatic carbocycles. The molecule has 0 spiro atoms. The van der Waals surface area contributed by atoms with Crippen LogP contribution >= 0.6 is 31.9 Å². The normalized spacial score (nSPS) is 25.2. The number of halogens is 2. The highest BCUT2D eigenvalue weighted by Crippen LogP contribution is 2.35. The average molecular weight is 350 g/mol. The second-order valence-corrected chi connectivity index (χ2v) is 6.56. The van der Waals surface area contributed by atoms with E-state index in [-0.39, 0.29) is 0 Å². The lowest BCUT2D eigenvalue weighted by atomic mass is 10.0. The van der Waals surface area contributed by atoms with Crippen molar-refractivity contribution in [3.8, 4) is 0 Å². The van der Waals surface area contributed by atoms with Crippen LogP contribution in [0.15, 0.2) is 4.47 Å². The summed E-state index contributed by atoms with van der Waals surface area (Å²) in [5.74, 6) is 0.774. The van der Waals surface area contributed by atoms with Gasteiger partial charge in [0.2, 0.25) is 0 Å². The molecule has 1 fully saturated rings.